The second-order valence-electron chi connectivity index (χ2n) is 11.3. The van der Waals surface area contributed by atoms with Crippen LogP contribution in [0.5, 0.6) is 5.75 Å². The van der Waals surface area contributed by atoms with E-state index >= 15 is 0 Å². The maximum absolute atomic E-state index is 14.4. The van der Waals surface area contributed by atoms with Gasteiger partial charge in [-0.3, -0.25) is 14.4 Å². The summed E-state index contributed by atoms with van der Waals surface area (Å²) in [7, 11) is 3.32. The predicted molar refractivity (Wildman–Crippen MR) is 170 cm³/mol. The third-order valence-corrected chi connectivity index (χ3v) is 9.10. The quantitative estimate of drug-likeness (QED) is 0.339. The molecule has 3 amide bonds. The predicted octanol–water partition coefficient (Wildman–Crippen LogP) is 5.55. The topological polar surface area (TPSA) is 91.0 Å². The van der Waals surface area contributed by atoms with E-state index in [2.05, 4.69) is 26.6 Å². The molecule has 0 aromatic heterocycles. The zero-order valence-corrected chi connectivity index (χ0v) is 26.1. The van der Waals surface area contributed by atoms with Crippen molar-refractivity contribution in [2.75, 3.05) is 30.5 Å². The zero-order valence-electron chi connectivity index (χ0n) is 24.5. The molecule has 0 spiro atoms. The number of anilines is 2. The number of nitrogens with zero attached hydrogens (tertiary/aromatic N) is 2. The van der Waals surface area contributed by atoms with Gasteiger partial charge >= 0.3 is 0 Å². The van der Waals surface area contributed by atoms with Crippen LogP contribution in [0.15, 0.2) is 59.1 Å². The highest BCUT2D eigenvalue weighted by Crippen LogP contribution is 2.38. The molecule has 1 unspecified atom stereocenters. The molecule has 1 aliphatic heterocycles. The first-order chi connectivity index (χ1) is 20.3. The summed E-state index contributed by atoms with van der Waals surface area (Å²) in [5.74, 6) is 0.411. The van der Waals surface area contributed by atoms with Crippen LogP contribution in [0.1, 0.15) is 51.0 Å². The Hall–Kier alpha value is -3.43. The molecule has 1 fully saturated rings. The summed E-state index contributed by atoms with van der Waals surface area (Å²) in [6.45, 7) is 2.02. The number of hydrogen-bond acceptors (Lipinski definition) is 5. The van der Waals surface area contributed by atoms with Gasteiger partial charge in [-0.05, 0) is 73.8 Å². The number of carbonyl (C=O) groups is 3. The number of hydrogen-bond donors (Lipinski definition) is 2. The van der Waals surface area contributed by atoms with Crippen LogP contribution >= 0.6 is 15.9 Å². The molecule has 0 bridgehead atoms. The summed E-state index contributed by atoms with van der Waals surface area (Å²) < 4.78 is 6.72. The molecule has 2 aliphatic rings. The van der Waals surface area contributed by atoms with Gasteiger partial charge in [0, 0.05) is 16.5 Å². The van der Waals surface area contributed by atoms with Gasteiger partial charge in [-0.1, -0.05) is 59.5 Å². The molecular weight excluding hydrogens is 596 g/mol. The van der Waals surface area contributed by atoms with Crippen molar-refractivity contribution in [1.82, 2.24) is 10.6 Å². The van der Waals surface area contributed by atoms with E-state index in [1.54, 1.807) is 30.9 Å². The summed E-state index contributed by atoms with van der Waals surface area (Å²) in [6, 6.07) is 16.0. The Balaban J connectivity index is 1.58. The van der Waals surface area contributed by atoms with Gasteiger partial charge in [-0.15, -0.1) is 0 Å². The Morgan fingerprint density at radius 3 is 2.50 bits per heavy atom. The number of halogens is 1. The van der Waals surface area contributed by atoms with Crippen molar-refractivity contribution in [2.24, 2.45) is 5.92 Å². The van der Waals surface area contributed by atoms with E-state index < -0.39 is 12.1 Å². The van der Waals surface area contributed by atoms with Gasteiger partial charge in [0.2, 0.25) is 11.8 Å². The molecule has 2 N–H and O–H groups in total. The Morgan fingerprint density at radius 1 is 1.05 bits per heavy atom. The summed E-state index contributed by atoms with van der Waals surface area (Å²) >= 11 is 3.56. The van der Waals surface area contributed by atoms with Crippen molar-refractivity contribution in [3.8, 4) is 5.75 Å². The lowest BCUT2D eigenvalue weighted by Crippen LogP contribution is -2.55. The first kappa shape index (κ1) is 30.0. The van der Waals surface area contributed by atoms with E-state index in [0.29, 0.717) is 29.5 Å². The largest absolute Gasteiger partial charge is 0.496 e. The minimum absolute atomic E-state index is 0.0162. The van der Waals surface area contributed by atoms with E-state index in [9.17, 15) is 14.4 Å². The Kier molecular flexibility index (Phi) is 9.48. The molecule has 3 aromatic rings. The van der Waals surface area contributed by atoms with Gasteiger partial charge < -0.3 is 25.2 Å². The van der Waals surface area contributed by atoms with Gasteiger partial charge in [0.15, 0.2) is 0 Å². The number of nitrogens with one attached hydrogen (secondary N) is 2. The van der Waals surface area contributed by atoms with E-state index in [1.807, 2.05) is 54.6 Å². The number of methoxy groups -OCH3 is 1. The number of fused-ring (bicyclic) bond motifs is 2. The molecule has 0 radical (unpaired) electrons. The van der Waals surface area contributed by atoms with Crippen LogP contribution in [-0.2, 0) is 20.9 Å². The maximum atomic E-state index is 14.4. The van der Waals surface area contributed by atoms with E-state index in [-0.39, 0.29) is 30.8 Å². The standard InChI is InChI=1S/C33H39BrN4O4/c1-21(35-2)32(40)36-27-20-37(31(39)17-22-9-5-4-6-10-22)28-11-7-8-12-29(28)38(33(27)41)19-26-25-15-14-24(34)18-23(25)13-16-30(26)42-3/h7-8,11-16,18,21-22,27,35H,4-6,9-10,17,19-20H2,1-3H3,(H,36,40)/t21?,27-/m0/s1. The average molecular weight is 636 g/mol. The number of rotatable bonds is 8. The number of benzene rings is 3. The van der Waals surface area contributed by atoms with Crippen LogP contribution in [0, 0.1) is 5.92 Å². The minimum Gasteiger partial charge on any atom is -0.496 e. The van der Waals surface area contributed by atoms with Crippen molar-refractivity contribution < 1.29 is 19.1 Å². The van der Waals surface area contributed by atoms with Crippen LogP contribution in [0.2, 0.25) is 0 Å². The van der Waals surface area contributed by atoms with Gasteiger partial charge in [0.25, 0.3) is 5.91 Å². The smallest absolute Gasteiger partial charge is 0.251 e. The van der Waals surface area contributed by atoms with Crippen molar-refractivity contribution in [3.05, 3.63) is 64.6 Å². The first-order valence-electron chi connectivity index (χ1n) is 14.7. The molecule has 8 nitrogen and oxygen atoms in total. The summed E-state index contributed by atoms with van der Waals surface area (Å²) in [5.41, 5.74) is 2.16. The lowest BCUT2D eigenvalue weighted by Gasteiger charge is -2.28. The van der Waals surface area contributed by atoms with E-state index in [1.165, 1.54) is 6.42 Å². The fourth-order valence-corrected chi connectivity index (χ4v) is 6.51. The number of para-hydroxylation sites is 2. The third kappa shape index (κ3) is 6.32. The van der Waals surface area contributed by atoms with Crippen molar-refractivity contribution in [3.63, 3.8) is 0 Å². The molecular formula is C33H39BrN4O4. The molecule has 222 valence electrons. The highest BCUT2D eigenvalue weighted by molar-refractivity contribution is 9.10. The maximum Gasteiger partial charge on any atom is 0.251 e. The van der Waals surface area contributed by atoms with Gasteiger partial charge in [-0.2, -0.15) is 0 Å². The van der Waals surface area contributed by atoms with Crippen LogP contribution in [0.4, 0.5) is 11.4 Å². The molecule has 9 heteroatoms. The monoisotopic (exact) mass is 634 g/mol. The van der Waals surface area contributed by atoms with E-state index in [4.69, 9.17) is 4.74 Å². The second-order valence-corrected chi connectivity index (χ2v) is 12.2. The molecule has 5 rings (SSSR count). The van der Waals surface area contributed by atoms with Gasteiger partial charge in [0.05, 0.1) is 37.6 Å². The molecule has 0 saturated heterocycles. The van der Waals surface area contributed by atoms with Crippen LogP contribution < -0.4 is 25.2 Å². The van der Waals surface area contributed by atoms with Crippen molar-refractivity contribution in [1.29, 1.82) is 0 Å². The zero-order chi connectivity index (χ0) is 29.8. The fourth-order valence-electron chi connectivity index (χ4n) is 6.13. The van der Waals surface area contributed by atoms with E-state index in [0.717, 1.165) is 46.5 Å². The molecule has 1 aliphatic carbocycles. The second kappa shape index (κ2) is 13.3. The summed E-state index contributed by atoms with van der Waals surface area (Å²) in [5, 5.41) is 7.86. The first-order valence-corrected chi connectivity index (χ1v) is 15.5. The summed E-state index contributed by atoms with van der Waals surface area (Å²) in [6.07, 6.45) is 6.02. The number of amides is 3. The van der Waals surface area contributed by atoms with Crippen molar-refractivity contribution in [2.45, 2.75) is 64.1 Å². The van der Waals surface area contributed by atoms with Crippen LogP contribution in [-0.4, -0.2) is 50.5 Å². The van der Waals surface area contributed by atoms with Crippen LogP contribution in [0.25, 0.3) is 10.8 Å². The molecule has 3 aromatic carbocycles. The number of likely N-dealkylation sites (N-methyl/N-ethyl adjacent to an activating group) is 1. The molecule has 1 saturated carbocycles. The number of ether oxygens (including phenoxy) is 1. The van der Waals surface area contributed by atoms with Gasteiger partial charge in [0.1, 0.15) is 11.8 Å². The van der Waals surface area contributed by atoms with Crippen LogP contribution in [0.3, 0.4) is 0 Å². The number of carbonyl (C=O) groups excluding carboxylic acids is 3. The van der Waals surface area contributed by atoms with Gasteiger partial charge in [-0.25, -0.2) is 0 Å². The normalized spacial score (nSPS) is 18.4. The highest BCUT2D eigenvalue weighted by atomic mass is 79.9. The minimum atomic E-state index is -0.925. The molecule has 1 heterocycles. The Bertz CT molecular complexity index is 1470. The highest BCUT2D eigenvalue weighted by Gasteiger charge is 2.38. The Labute approximate surface area is 255 Å². The Morgan fingerprint density at radius 2 is 1.79 bits per heavy atom. The lowest BCUT2D eigenvalue weighted by atomic mass is 9.86. The SMILES string of the molecule is CNC(C)C(=O)N[C@H]1CN(C(=O)CC2CCCCC2)c2ccccc2N(Cc2c(OC)ccc3cc(Br)ccc23)C1=O. The average Bonchev–Trinajstić information content (AvgIpc) is 3.11. The third-order valence-electron chi connectivity index (χ3n) is 8.61. The van der Waals surface area contributed by atoms with Crippen molar-refractivity contribution >= 4 is 55.8 Å². The molecule has 42 heavy (non-hydrogen) atoms. The lowest BCUT2D eigenvalue weighted by molar-refractivity contribution is -0.128. The molecule has 2 atom stereocenters. The summed E-state index contributed by atoms with van der Waals surface area (Å²) in [4.78, 5) is 44.8. The fraction of sp³-hybridized carbons (Fsp3) is 0.424.